The first-order valence-corrected chi connectivity index (χ1v) is 9.83. The maximum absolute atomic E-state index is 4.65. The third-order valence-electron chi connectivity index (χ3n) is 4.14. The predicted molar refractivity (Wildman–Crippen MR) is 96.1 cm³/mol. The first kappa shape index (κ1) is 15.4. The third kappa shape index (κ3) is 3.07. The number of hydrogen-bond acceptors (Lipinski definition) is 6. The van der Waals surface area contributed by atoms with Gasteiger partial charge in [-0.05, 0) is 48.4 Å². The van der Waals surface area contributed by atoms with Crippen LogP contribution in [0.1, 0.15) is 41.4 Å². The quantitative estimate of drug-likeness (QED) is 0.574. The summed E-state index contributed by atoms with van der Waals surface area (Å²) in [6, 6.07) is 6.06. The molecule has 1 fully saturated rings. The van der Waals surface area contributed by atoms with Gasteiger partial charge in [-0.25, -0.2) is 4.98 Å². The predicted octanol–water partition coefficient (Wildman–Crippen LogP) is 3.71. The number of hydrogen-bond donors (Lipinski definition) is 1. The van der Waals surface area contributed by atoms with Crippen LogP contribution in [0.4, 0.5) is 0 Å². The van der Waals surface area contributed by atoms with Crippen LogP contribution in [-0.4, -0.2) is 31.9 Å². The topological polar surface area (TPSA) is 67.3 Å². The van der Waals surface area contributed by atoms with Gasteiger partial charge in [-0.15, -0.1) is 33.3 Å². The van der Waals surface area contributed by atoms with Crippen molar-refractivity contribution in [3.63, 3.8) is 0 Å². The van der Waals surface area contributed by atoms with E-state index in [0.717, 1.165) is 21.0 Å². The number of thioether (sulfide) groups is 1. The zero-order valence-electron chi connectivity index (χ0n) is 13.1. The highest BCUT2D eigenvalue weighted by atomic mass is 32.2. The smallest absolute Gasteiger partial charge is 0.205 e. The molecule has 0 bridgehead atoms. The Kier molecular flexibility index (Phi) is 4.32. The second kappa shape index (κ2) is 6.75. The SMILES string of the molecule is CSc1ccc(C#Cc2nc(C3CCC3)cs2)cc1-c1nn[nH]n1. The van der Waals surface area contributed by atoms with Gasteiger partial charge in [0.2, 0.25) is 5.82 Å². The van der Waals surface area contributed by atoms with Crippen molar-refractivity contribution in [1.29, 1.82) is 0 Å². The lowest BCUT2D eigenvalue weighted by molar-refractivity contribution is 0.412. The fraction of sp³-hybridized carbons (Fsp3) is 0.294. The van der Waals surface area contributed by atoms with Gasteiger partial charge >= 0.3 is 0 Å². The van der Waals surface area contributed by atoms with Crippen molar-refractivity contribution in [2.45, 2.75) is 30.1 Å². The second-order valence-electron chi connectivity index (χ2n) is 5.61. The standard InChI is InChI=1S/C17H15N5S2/c1-23-15-7-5-11(9-13(15)17-19-21-22-20-17)6-8-16-18-14(10-24-16)12-3-2-4-12/h5,7,9-10,12H,2-4H2,1H3,(H,19,20,21,22). The Morgan fingerprint density at radius 2 is 2.21 bits per heavy atom. The van der Waals surface area contributed by atoms with E-state index < -0.39 is 0 Å². The maximum atomic E-state index is 4.65. The lowest BCUT2D eigenvalue weighted by Gasteiger charge is -2.22. The highest BCUT2D eigenvalue weighted by Crippen LogP contribution is 2.36. The lowest BCUT2D eigenvalue weighted by Crippen LogP contribution is -2.08. The molecule has 0 amide bonds. The van der Waals surface area contributed by atoms with Gasteiger partial charge in [-0.1, -0.05) is 12.3 Å². The molecule has 1 aliphatic carbocycles. The second-order valence-corrected chi connectivity index (χ2v) is 7.31. The monoisotopic (exact) mass is 353 g/mol. The summed E-state index contributed by atoms with van der Waals surface area (Å²) in [5.74, 6) is 7.63. The summed E-state index contributed by atoms with van der Waals surface area (Å²) in [5, 5.41) is 17.3. The van der Waals surface area contributed by atoms with Crippen LogP contribution in [-0.2, 0) is 0 Å². The number of nitrogens with one attached hydrogen (secondary N) is 1. The van der Waals surface area contributed by atoms with E-state index in [-0.39, 0.29) is 0 Å². The number of rotatable bonds is 3. The van der Waals surface area contributed by atoms with Gasteiger partial charge in [0.05, 0.1) is 5.69 Å². The highest BCUT2D eigenvalue weighted by Gasteiger charge is 2.21. The maximum Gasteiger partial charge on any atom is 0.205 e. The van der Waals surface area contributed by atoms with Gasteiger partial charge in [0.1, 0.15) is 0 Å². The van der Waals surface area contributed by atoms with Crippen LogP contribution >= 0.6 is 23.1 Å². The summed E-state index contributed by atoms with van der Waals surface area (Å²) in [6.07, 6.45) is 5.88. The molecule has 1 saturated carbocycles. The number of thiazole rings is 1. The van der Waals surface area contributed by atoms with Crippen molar-refractivity contribution in [3.05, 3.63) is 39.8 Å². The van der Waals surface area contributed by atoms with E-state index >= 15 is 0 Å². The molecule has 0 radical (unpaired) electrons. The molecule has 0 saturated heterocycles. The molecule has 2 heterocycles. The van der Waals surface area contributed by atoms with Crippen LogP contribution in [0.5, 0.6) is 0 Å². The van der Waals surface area contributed by atoms with Gasteiger partial charge in [0.15, 0.2) is 5.01 Å². The van der Waals surface area contributed by atoms with Gasteiger partial charge in [0, 0.05) is 27.3 Å². The van der Waals surface area contributed by atoms with Crippen molar-refractivity contribution in [1.82, 2.24) is 25.6 Å². The minimum Gasteiger partial charge on any atom is -0.232 e. The van der Waals surface area contributed by atoms with Gasteiger partial charge in [-0.3, -0.25) is 0 Å². The van der Waals surface area contributed by atoms with Crippen LogP contribution in [0.25, 0.3) is 11.4 Å². The van der Waals surface area contributed by atoms with E-state index in [4.69, 9.17) is 0 Å². The first-order valence-electron chi connectivity index (χ1n) is 7.73. The van der Waals surface area contributed by atoms with E-state index in [1.54, 1.807) is 23.1 Å². The van der Waals surface area contributed by atoms with Crippen LogP contribution in [0.3, 0.4) is 0 Å². The number of aromatic amines is 1. The number of aromatic nitrogens is 5. The summed E-state index contributed by atoms with van der Waals surface area (Å²) in [5.41, 5.74) is 3.08. The average molecular weight is 353 g/mol. The summed E-state index contributed by atoms with van der Waals surface area (Å²) in [4.78, 5) is 5.75. The molecule has 1 N–H and O–H groups in total. The summed E-state index contributed by atoms with van der Waals surface area (Å²) in [7, 11) is 0. The van der Waals surface area contributed by atoms with Crippen molar-refractivity contribution >= 4 is 23.1 Å². The Balaban J connectivity index is 1.61. The Morgan fingerprint density at radius 3 is 2.92 bits per heavy atom. The average Bonchev–Trinajstić information content (AvgIpc) is 3.23. The molecule has 4 rings (SSSR count). The first-order chi connectivity index (χ1) is 11.8. The number of tetrazole rings is 1. The van der Waals surface area contributed by atoms with Crippen LogP contribution in [0, 0.1) is 11.8 Å². The highest BCUT2D eigenvalue weighted by molar-refractivity contribution is 7.98. The minimum absolute atomic E-state index is 0.588. The summed E-state index contributed by atoms with van der Waals surface area (Å²) >= 11 is 3.28. The number of benzene rings is 1. The van der Waals surface area contributed by atoms with Crippen molar-refractivity contribution in [2.24, 2.45) is 0 Å². The van der Waals surface area contributed by atoms with Crippen LogP contribution in [0.15, 0.2) is 28.5 Å². The molecule has 1 aliphatic rings. The molecule has 0 spiro atoms. The molecule has 5 nitrogen and oxygen atoms in total. The molecule has 24 heavy (non-hydrogen) atoms. The lowest BCUT2D eigenvalue weighted by atomic mass is 9.83. The Morgan fingerprint density at radius 1 is 1.29 bits per heavy atom. The zero-order valence-corrected chi connectivity index (χ0v) is 14.7. The van der Waals surface area contributed by atoms with Crippen LogP contribution < -0.4 is 0 Å². The van der Waals surface area contributed by atoms with E-state index in [1.807, 2.05) is 24.5 Å². The fourth-order valence-corrected chi connectivity index (χ4v) is 3.92. The van der Waals surface area contributed by atoms with Crippen molar-refractivity contribution < 1.29 is 0 Å². The molecule has 120 valence electrons. The van der Waals surface area contributed by atoms with E-state index in [1.165, 1.54) is 25.0 Å². The Bertz CT molecular complexity index is 901. The van der Waals surface area contributed by atoms with Crippen LogP contribution in [0.2, 0.25) is 0 Å². The van der Waals surface area contributed by atoms with Crippen molar-refractivity contribution in [2.75, 3.05) is 6.26 Å². The van der Waals surface area contributed by atoms with Crippen molar-refractivity contribution in [3.8, 4) is 23.2 Å². The normalized spacial score (nSPS) is 14.0. The molecule has 0 aliphatic heterocycles. The molecule has 0 unspecified atom stereocenters. The molecule has 2 aromatic heterocycles. The molecule has 3 aromatic rings. The number of nitrogens with zero attached hydrogens (tertiary/aromatic N) is 4. The van der Waals surface area contributed by atoms with Gasteiger partial charge < -0.3 is 0 Å². The number of H-pyrrole nitrogens is 1. The molecule has 7 heteroatoms. The summed E-state index contributed by atoms with van der Waals surface area (Å²) in [6.45, 7) is 0. The van der Waals surface area contributed by atoms with E-state index in [0.29, 0.717) is 11.7 Å². The Labute approximate surface area is 148 Å². The minimum atomic E-state index is 0.588. The molecular formula is C17H15N5S2. The summed E-state index contributed by atoms with van der Waals surface area (Å²) < 4.78 is 0. The van der Waals surface area contributed by atoms with Gasteiger partial charge in [-0.2, -0.15) is 5.21 Å². The molecule has 0 atom stereocenters. The Hall–Kier alpha value is -2.17. The van der Waals surface area contributed by atoms with E-state index in [9.17, 15) is 0 Å². The fourth-order valence-electron chi connectivity index (χ4n) is 2.60. The zero-order chi connectivity index (χ0) is 16.4. The largest absolute Gasteiger partial charge is 0.232 e. The van der Waals surface area contributed by atoms with Gasteiger partial charge in [0.25, 0.3) is 0 Å². The molecular weight excluding hydrogens is 338 g/mol. The molecule has 1 aromatic carbocycles. The van der Waals surface area contributed by atoms with E-state index in [2.05, 4.69) is 42.8 Å². The third-order valence-corrected chi connectivity index (χ3v) is 5.72.